The summed E-state index contributed by atoms with van der Waals surface area (Å²) in [5, 5.41) is 0.548. The summed E-state index contributed by atoms with van der Waals surface area (Å²) in [4.78, 5) is 6.47. The smallest absolute Gasteiger partial charge is 0.129 e. The van der Waals surface area contributed by atoms with Gasteiger partial charge in [0.25, 0.3) is 0 Å². The largest absolute Gasteiger partial charge is 0.366 e. The van der Waals surface area contributed by atoms with Gasteiger partial charge < -0.3 is 4.90 Å². The van der Waals surface area contributed by atoms with E-state index < -0.39 is 0 Å². The van der Waals surface area contributed by atoms with Crippen LogP contribution in [0.15, 0.2) is 42.6 Å². The van der Waals surface area contributed by atoms with Crippen LogP contribution in [0, 0.1) is 6.92 Å². The van der Waals surface area contributed by atoms with Crippen LogP contribution in [0.25, 0.3) is 0 Å². The van der Waals surface area contributed by atoms with Crippen LogP contribution in [0.3, 0.4) is 0 Å². The van der Waals surface area contributed by atoms with Crippen molar-refractivity contribution in [2.45, 2.75) is 20.4 Å². The molecule has 18 heavy (non-hydrogen) atoms. The highest BCUT2D eigenvalue weighted by Gasteiger charge is 2.09. The lowest BCUT2D eigenvalue weighted by Crippen LogP contribution is -2.23. The lowest BCUT2D eigenvalue weighted by molar-refractivity contribution is 0.824. The molecule has 1 heterocycles. The van der Waals surface area contributed by atoms with Gasteiger partial charge in [-0.3, -0.25) is 0 Å². The van der Waals surface area contributed by atoms with E-state index in [1.54, 1.807) is 0 Å². The Morgan fingerprint density at radius 2 is 1.94 bits per heavy atom. The average Bonchev–Trinajstić information content (AvgIpc) is 2.38. The lowest BCUT2D eigenvalue weighted by Gasteiger charge is -2.24. The lowest BCUT2D eigenvalue weighted by atomic mass is 10.2. The maximum Gasteiger partial charge on any atom is 0.129 e. The molecule has 3 heteroatoms. The summed E-state index contributed by atoms with van der Waals surface area (Å²) < 4.78 is 0. The van der Waals surface area contributed by atoms with E-state index in [-0.39, 0.29) is 0 Å². The Hall–Kier alpha value is -1.54. The summed E-state index contributed by atoms with van der Waals surface area (Å²) in [6.45, 7) is 6.05. The second-order valence-electron chi connectivity index (χ2n) is 4.29. The predicted octanol–water partition coefficient (Wildman–Crippen LogP) is 4.07. The Labute approximate surface area is 113 Å². The first kappa shape index (κ1) is 12.9. The fourth-order valence-electron chi connectivity index (χ4n) is 2.02. The molecule has 0 atom stereocenters. The molecule has 2 aromatic rings. The monoisotopic (exact) mass is 260 g/mol. The van der Waals surface area contributed by atoms with Crippen LogP contribution in [0.5, 0.6) is 0 Å². The topological polar surface area (TPSA) is 16.1 Å². The third kappa shape index (κ3) is 3.02. The fraction of sp³-hybridized carbons (Fsp3) is 0.267. The normalized spacial score (nSPS) is 10.4. The van der Waals surface area contributed by atoms with Gasteiger partial charge in [-0.1, -0.05) is 41.9 Å². The molecule has 0 amide bonds. The molecule has 94 valence electrons. The summed E-state index contributed by atoms with van der Waals surface area (Å²) in [5.74, 6) is 0. The van der Waals surface area contributed by atoms with Gasteiger partial charge in [0.1, 0.15) is 5.15 Å². The highest BCUT2D eigenvalue weighted by Crippen LogP contribution is 2.22. The summed E-state index contributed by atoms with van der Waals surface area (Å²) in [6.07, 6.45) is 1.85. The minimum Gasteiger partial charge on any atom is -0.366 e. The predicted molar refractivity (Wildman–Crippen MR) is 77.2 cm³/mol. The molecule has 0 aliphatic heterocycles. The Bertz CT molecular complexity index is 511. The number of aromatic nitrogens is 1. The first-order chi connectivity index (χ1) is 8.70. The molecule has 0 unspecified atom stereocenters. The Balaban J connectivity index is 2.23. The van der Waals surface area contributed by atoms with E-state index in [1.165, 1.54) is 5.56 Å². The molecule has 0 radical (unpaired) electrons. The van der Waals surface area contributed by atoms with E-state index in [9.17, 15) is 0 Å². The van der Waals surface area contributed by atoms with Crippen molar-refractivity contribution in [3.8, 4) is 0 Å². The molecule has 0 spiro atoms. The Morgan fingerprint density at radius 3 is 2.56 bits per heavy atom. The first-order valence-electron chi connectivity index (χ1n) is 6.11. The van der Waals surface area contributed by atoms with Gasteiger partial charge in [-0.15, -0.1) is 0 Å². The molecule has 2 rings (SSSR count). The molecule has 0 aliphatic rings. The van der Waals surface area contributed by atoms with Gasteiger partial charge in [0.15, 0.2) is 0 Å². The molecular weight excluding hydrogens is 244 g/mol. The standard InChI is InChI=1S/C15H17ClN2/c1-3-18(11-13-7-5-4-6-8-13)14-10-17-15(16)9-12(14)2/h4-10H,3,11H2,1-2H3. The summed E-state index contributed by atoms with van der Waals surface area (Å²) in [5.41, 5.74) is 3.60. The minimum atomic E-state index is 0.548. The molecule has 1 aromatic heterocycles. The van der Waals surface area contributed by atoms with Crippen molar-refractivity contribution in [1.82, 2.24) is 4.98 Å². The van der Waals surface area contributed by atoms with Crippen molar-refractivity contribution in [2.24, 2.45) is 0 Å². The van der Waals surface area contributed by atoms with Gasteiger partial charge in [0.2, 0.25) is 0 Å². The van der Waals surface area contributed by atoms with E-state index in [4.69, 9.17) is 11.6 Å². The quantitative estimate of drug-likeness (QED) is 0.771. The van der Waals surface area contributed by atoms with Gasteiger partial charge in [0, 0.05) is 13.1 Å². The second-order valence-corrected chi connectivity index (χ2v) is 4.68. The van der Waals surface area contributed by atoms with Gasteiger partial charge in [-0.2, -0.15) is 0 Å². The molecule has 0 saturated heterocycles. The number of hydrogen-bond donors (Lipinski definition) is 0. The number of anilines is 1. The SMILES string of the molecule is CCN(Cc1ccccc1)c1cnc(Cl)cc1C. The number of hydrogen-bond acceptors (Lipinski definition) is 2. The number of pyridine rings is 1. The van der Waals surface area contributed by atoms with Crippen molar-refractivity contribution < 1.29 is 0 Å². The van der Waals surface area contributed by atoms with Gasteiger partial charge in [-0.05, 0) is 31.0 Å². The van der Waals surface area contributed by atoms with Crippen LogP contribution in [0.1, 0.15) is 18.1 Å². The van der Waals surface area contributed by atoms with Crippen molar-refractivity contribution in [3.63, 3.8) is 0 Å². The van der Waals surface area contributed by atoms with Crippen LogP contribution >= 0.6 is 11.6 Å². The first-order valence-corrected chi connectivity index (χ1v) is 6.49. The number of aryl methyl sites for hydroxylation is 1. The van der Waals surface area contributed by atoms with Crippen molar-refractivity contribution in [3.05, 3.63) is 58.9 Å². The van der Waals surface area contributed by atoms with E-state index in [2.05, 4.69) is 48.0 Å². The maximum absolute atomic E-state index is 5.90. The third-order valence-electron chi connectivity index (χ3n) is 2.99. The van der Waals surface area contributed by atoms with Crippen molar-refractivity contribution >= 4 is 17.3 Å². The molecular formula is C15H17ClN2. The number of benzene rings is 1. The summed E-state index contributed by atoms with van der Waals surface area (Å²) in [7, 11) is 0. The summed E-state index contributed by atoms with van der Waals surface area (Å²) >= 11 is 5.90. The molecule has 0 saturated carbocycles. The molecule has 2 nitrogen and oxygen atoms in total. The van der Waals surface area contributed by atoms with E-state index >= 15 is 0 Å². The molecule has 0 bridgehead atoms. The Kier molecular flexibility index (Phi) is 4.21. The second kappa shape index (κ2) is 5.87. The molecule has 0 fully saturated rings. The maximum atomic E-state index is 5.90. The highest BCUT2D eigenvalue weighted by atomic mass is 35.5. The molecule has 1 aromatic carbocycles. The van der Waals surface area contributed by atoms with E-state index in [1.807, 2.05) is 18.3 Å². The van der Waals surface area contributed by atoms with E-state index in [0.717, 1.165) is 24.3 Å². The average molecular weight is 261 g/mol. The van der Waals surface area contributed by atoms with Gasteiger partial charge in [0.05, 0.1) is 11.9 Å². The number of halogens is 1. The number of rotatable bonds is 4. The highest BCUT2D eigenvalue weighted by molar-refractivity contribution is 6.29. The van der Waals surface area contributed by atoms with Crippen LogP contribution in [0.4, 0.5) is 5.69 Å². The summed E-state index contributed by atoms with van der Waals surface area (Å²) in [6, 6.07) is 12.4. The third-order valence-corrected chi connectivity index (χ3v) is 3.20. The van der Waals surface area contributed by atoms with Crippen LogP contribution in [-0.2, 0) is 6.54 Å². The van der Waals surface area contributed by atoms with Crippen molar-refractivity contribution in [1.29, 1.82) is 0 Å². The van der Waals surface area contributed by atoms with Gasteiger partial charge >= 0.3 is 0 Å². The van der Waals surface area contributed by atoms with Crippen molar-refractivity contribution in [2.75, 3.05) is 11.4 Å². The molecule has 0 N–H and O–H groups in total. The van der Waals surface area contributed by atoms with Crippen LogP contribution < -0.4 is 4.90 Å². The Morgan fingerprint density at radius 1 is 1.22 bits per heavy atom. The minimum absolute atomic E-state index is 0.548. The number of nitrogens with zero attached hydrogens (tertiary/aromatic N) is 2. The zero-order valence-corrected chi connectivity index (χ0v) is 11.5. The fourth-order valence-corrected chi connectivity index (χ4v) is 2.23. The van der Waals surface area contributed by atoms with Gasteiger partial charge in [-0.25, -0.2) is 4.98 Å². The van der Waals surface area contributed by atoms with Crippen LogP contribution in [0.2, 0.25) is 5.15 Å². The zero-order chi connectivity index (χ0) is 13.0. The molecule has 0 aliphatic carbocycles. The van der Waals surface area contributed by atoms with E-state index in [0.29, 0.717) is 5.15 Å². The zero-order valence-electron chi connectivity index (χ0n) is 10.7. The van der Waals surface area contributed by atoms with Crippen LogP contribution in [-0.4, -0.2) is 11.5 Å².